The van der Waals surface area contributed by atoms with Gasteiger partial charge in [-0.2, -0.15) is 0 Å². The van der Waals surface area contributed by atoms with E-state index in [1.54, 1.807) is 4.90 Å². The summed E-state index contributed by atoms with van der Waals surface area (Å²) in [6, 6.07) is 0.0119. The first-order valence-corrected chi connectivity index (χ1v) is 10.7. The van der Waals surface area contributed by atoms with E-state index in [4.69, 9.17) is 0 Å². The van der Waals surface area contributed by atoms with Crippen LogP contribution in [0.4, 0.5) is 0 Å². The molecule has 0 aromatic carbocycles. The number of aromatic nitrogens is 2. The highest BCUT2D eigenvalue weighted by Gasteiger charge is 2.41. The Morgan fingerprint density at radius 3 is 2.31 bits per heavy atom. The first-order chi connectivity index (χ1) is 13.6. The second-order valence-corrected chi connectivity index (χ2v) is 9.16. The Morgan fingerprint density at radius 2 is 1.66 bits per heavy atom. The number of likely N-dealkylation sites (N-methyl/N-ethyl adjacent to an activating group) is 1. The van der Waals surface area contributed by atoms with Crippen molar-refractivity contribution in [2.75, 3.05) is 40.3 Å². The van der Waals surface area contributed by atoms with Crippen LogP contribution >= 0.6 is 0 Å². The van der Waals surface area contributed by atoms with Crippen molar-refractivity contribution < 1.29 is 9.59 Å². The molecule has 7 heteroatoms. The molecule has 1 aromatic rings. The van der Waals surface area contributed by atoms with E-state index in [0.29, 0.717) is 17.9 Å². The summed E-state index contributed by atoms with van der Waals surface area (Å²) in [5.74, 6) is 0.140. The van der Waals surface area contributed by atoms with Gasteiger partial charge in [0.25, 0.3) is 5.91 Å². The van der Waals surface area contributed by atoms with Crippen molar-refractivity contribution >= 4 is 11.8 Å². The van der Waals surface area contributed by atoms with Gasteiger partial charge in [0.1, 0.15) is 5.69 Å². The number of nitrogens with zero attached hydrogens (tertiary/aromatic N) is 5. The molecule has 0 spiro atoms. The van der Waals surface area contributed by atoms with E-state index in [1.165, 1.54) is 0 Å². The average Bonchev–Trinajstić information content (AvgIpc) is 2.71. The fourth-order valence-corrected chi connectivity index (χ4v) is 4.41. The zero-order chi connectivity index (χ0) is 21.3. The average molecular weight is 402 g/mol. The summed E-state index contributed by atoms with van der Waals surface area (Å²) in [6.07, 6.45) is 3.62. The van der Waals surface area contributed by atoms with E-state index in [0.717, 1.165) is 56.7 Å². The molecule has 1 atom stereocenters. The second kappa shape index (κ2) is 8.38. The van der Waals surface area contributed by atoms with E-state index >= 15 is 0 Å². The Balaban J connectivity index is 1.71. The molecule has 3 heterocycles. The zero-order valence-electron chi connectivity index (χ0n) is 18.8. The Morgan fingerprint density at radius 1 is 1.03 bits per heavy atom. The summed E-state index contributed by atoms with van der Waals surface area (Å²) < 4.78 is 0. The third-order valence-corrected chi connectivity index (χ3v) is 6.84. The first-order valence-electron chi connectivity index (χ1n) is 10.7. The van der Waals surface area contributed by atoms with Crippen LogP contribution in [-0.4, -0.2) is 82.8 Å². The van der Waals surface area contributed by atoms with Crippen LogP contribution < -0.4 is 0 Å². The lowest BCUT2D eigenvalue weighted by atomic mass is 9.78. The number of amides is 2. The third kappa shape index (κ3) is 4.44. The molecule has 0 bridgehead atoms. The van der Waals surface area contributed by atoms with Crippen molar-refractivity contribution in [3.63, 3.8) is 0 Å². The van der Waals surface area contributed by atoms with Gasteiger partial charge in [0.05, 0.1) is 17.1 Å². The van der Waals surface area contributed by atoms with Gasteiger partial charge in [-0.25, -0.2) is 4.98 Å². The van der Waals surface area contributed by atoms with Gasteiger partial charge >= 0.3 is 0 Å². The van der Waals surface area contributed by atoms with Crippen LogP contribution in [0, 0.1) is 26.2 Å². The molecule has 3 rings (SSSR count). The van der Waals surface area contributed by atoms with Crippen LogP contribution in [0.25, 0.3) is 0 Å². The number of aryl methyl sites for hydroxylation is 3. The Kier molecular flexibility index (Phi) is 6.27. The molecule has 0 radical (unpaired) electrons. The van der Waals surface area contributed by atoms with Crippen molar-refractivity contribution in [1.82, 2.24) is 24.7 Å². The molecule has 1 aromatic heterocycles. The smallest absolute Gasteiger partial charge is 0.274 e. The molecule has 7 nitrogen and oxygen atoms in total. The molecule has 2 aliphatic rings. The number of rotatable bonds is 3. The Bertz CT molecular complexity index is 786. The van der Waals surface area contributed by atoms with Gasteiger partial charge in [0, 0.05) is 31.6 Å². The SMILES string of the molecule is Cc1nc(C)c(C(=O)N(C)[C@H]2CCCN(C(=O)C3(C)CCN(C)CC3)C2)nc1C. The lowest BCUT2D eigenvalue weighted by molar-refractivity contribution is -0.145. The number of carbonyl (C=O) groups excluding carboxylic acids is 2. The van der Waals surface area contributed by atoms with Crippen LogP contribution in [0.3, 0.4) is 0 Å². The predicted molar refractivity (Wildman–Crippen MR) is 113 cm³/mol. The molecular formula is C22H35N5O2. The van der Waals surface area contributed by atoms with Gasteiger partial charge in [-0.1, -0.05) is 6.92 Å². The summed E-state index contributed by atoms with van der Waals surface area (Å²) in [6.45, 7) is 11.0. The van der Waals surface area contributed by atoms with Gasteiger partial charge in [0.15, 0.2) is 0 Å². The van der Waals surface area contributed by atoms with E-state index in [1.807, 2.05) is 32.7 Å². The maximum atomic E-state index is 13.3. The van der Waals surface area contributed by atoms with E-state index in [9.17, 15) is 9.59 Å². The molecule has 0 unspecified atom stereocenters. The van der Waals surface area contributed by atoms with Crippen molar-refractivity contribution in [2.45, 2.75) is 59.4 Å². The zero-order valence-corrected chi connectivity index (χ0v) is 18.8. The highest BCUT2D eigenvalue weighted by atomic mass is 16.2. The van der Waals surface area contributed by atoms with Crippen molar-refractivity contribution in [3.8, 4) is 0 Å². The number of piperidine rings is 2. The minimum absolute atomic E-state index is 0.0119. The van der Waals surface area contributed by atoms with Crippen molar-refractivity contribution in [3.05, 3.63) is 22.8 Å². The normalized spacial score (nSPS) is 22.4. The van der Waals surface area contributed by atoms with Crippen molar-refractivity contribution in [1.29, 1.82) is 0 Å². The monoisotopic (exact) mass is 401 g/mol. The minimum atomic E-state index is -0.285. The molecule has 2 amide bonds. The van der Waals surface area contributed by atoms with Crippen LogP contribution in [-0.2, 0) is 4.79 Å². The molecule has 160 valence electrons. The van der Waals surface area contributed by atoms with E-state index in [2.05, 4.69) is 28.8 Å². The molecule has 0 aliphatic carbocycles. The highest BCUT2D eigenvalue weighted by Crippen LogP contribution is 2.34. The van der Waals surface area contributed by atoms with Gasteiger partial charge in [-0.05, 0) is 66.6 Å². The predicted octanol–water partition coefficient (Wildman–Crippen LogP) is 2.20. The van der Waals surface area contributed by atoms with Crippen molar-refractivity contribution in [2.24, 2.45) is 5.41 Å². The largest absolute Gasteiger partial charge is 0.340 e. The number of hydrogen-bond donors (Lipinski definition) is 0. The molecule has 0 saturated carbocycles. The summed E-state index contributed by atoms with van der Waals surface area (Å²) in [4.78, 5) is 41.4. The highest BCUT2D eigenvalue weighted by molar-refractivity contribution is 5.93. The summed E-state index contributed by atoms with van der Waals surface area (Å²) in [5, 5.41) is 0. The second-order valence-electron chi connectivity index (χ2n) is 9.16. The lowest BCUT2D eigenvalue weighted by Gasteiger charge is -2.43. The molecule has 2 fully saturated rings. The molecule has 29 heavy (non-hydrogen) atoms. The quantitative estimate of drug-likeness (QED) is 0.777. The fourth-order valence-electron chi connectivity index (χ4n) is 4.41. The maximum Gasteiger partial charge on any atom is 0.274 e. The van der Waals surface area contributed by atoms with Gasteiger partial charge < -0.3 is 14.7 Å². The van der Waals surface area contributed by atoms with E-state index < -0.39 is 0 Å². The minimum Gasteiger partial charge on any atom is -0.340 e. The van der Waals surface area contributed by atoms with Gasteiger partial charge in [-0.15, -0.1) is 0 Å². The standard InChI is InChI=1S/C22H35N5O2/c1-15-16(2)24-19(17(3)23-15)20(28)26(6)18-8-7-11-27(14-18)21(29)22(4)9-12-25(5)13-10-22/h18H,7-14H2,1-6H3/t18-/m0/s1. The fraction of sp³-hybridized carbons (Fsp3) is 0.727. The van der Waals surface area contributed by atoms with Gasteiger partial charge in [-0.3, -0.25) is 14.6 Å². The number of likely N-dealkylation sites (tertiary alicyclic amines) is 2. The Hall–Kier alpha value is -2.02. The van der Waals surface area contributed by atoms with E-state index in [-0.39, 0.29) is 23.3 Å². The molecule has 0 N–H and O–H groups in total. The molecule has 2 saturated heterocycles. The summed E-state index contributed by atoms with van der Waals surface area (Å²) >= 11 is 0. The van der Waals surface area contributed by atoms with Crippen LogP contribution in [0.15, 0.2) is 0 Å². The van der Waals surface area contributed by atoms with Gasteiger partial charge in [0.2, 0.25) is 5.91 Å². The molecular weight excluding hydrogens is 366 g/mol. The summed E-state index contributed by atoms with van der Waals surface area (Å²) in [7, 11) is 3.94. The number of carbonyl (C=O) groups is 2. The lowest BCUT2D eigenvalue weighted by Crippen LogP contribution is -2.55. The maximum absolute atomic E-state index is 13.3. The Labute approximate surface area is 174 Å². The third-order valence-electron chi connectivity index (χ3n) is 6.84. The number of hydrogen-bond acceptors (Lipinski definition) is 5. The summed E-state index contributed by atoms with van der Waals surface area (Å²) in [5.41, 5.74) is 2.42. The van der Waals surface area contributed by atoms with Crippen LogP contribution in [0.2, 0.25) is 0 Å². The molecule has 2 aliphatic heterocycles. The topological polar surface area (TPSA) is 69.6 Å². The van der Waals surface area contributed by atoms with Crippen LogP contribution in [0.1, 0.15) is 60.2 Å². The van der Waals surface area contributed by atoms with Crippen LogP contribution in [0.5, 0.6) is 0 Å². The first kappa shape index (κ1) is 21.7.